The Labute approximate surface area is 165 Å². The zero-order chi connectivity index (χ0) is 19.2. The number of aromatic nitrogens is 1. The van der Waals surface area contributed by atoms with Gasteiger partial charge in [0.05, 0.1) is 24.1 Å². The van der Waals surface area contributed by atoms with Crippen LogP contribution < -0.4 is 9.47 Å². The zero-order valence-electron chi connectivity index (χ0n) is 14.6. The van der Waals surface area contributed by atoms with Crippen LogP contribution >= 0.6 is 22.9 Å². The fourth-order valence-electron chi connectivity index (χ4n) is 2.28. The number of thiophene rings is 1. The van der Waals surface area contributed by atoms with Crippen molar-refractivity contribution in [2.75, 3.05) is 14.2 Å². The van der Waals surface area contributed by atoms with Gasteiger partial charge in [0, 0.05) is 6.08 Å². The van der Waals surface area contributed by atoms with E-state index in [1.165, 1.54) is 37.9 Å². The highest BCUT2D eigenvalue weighted by Gasteiger charge is 2.11. The Kier molecular flexibility index (Phi) is 6.16. The molecule has 0 fully saturated rings. The molecule has 0 bridgehead atoms. The van der Waals surface area contributed by atoms with Gasteiger partial charge < -0.3 is 18.6 Å². The fourth-order valence-corrected chi connectivity index (χ4v) is 3.23. The number of ether oxygens (including phenoxy) is 3. The molecule has 0 saturated heterocycles. The molecule has 3 rings (SSSR count). The molecule has 0 aliphatic rings. The monoisotopic (exact) mass is 405 g/mol. The number of rotatable bonds is 7. The van der Waals surface area contributed by atoms with Crippen molar-refractivity contribution in [2.24, 2.45) is 0 Å². The van der Waals surface area contributed by atoms with E-state index in [1.54, 1.807) is 18.2 Å². The van der Waals surface area contributed by atoms with Gasteiger partial charge in [0.25, 0.3) is 0 Å². The van der Waals surface area contributed by atoms with Gasteiger partial charge in [-0.1, -0.05) is 17.7 Å². The summed E-state index contributed by atoms with van der Waals surface area (Å²) >= 11 is 7.66. The number of esters is 1. The van der Waals surface area contributed by atoms with Gasteiger partial charge in [0.15, 0.2) is 11.5 Å². The average Bonchev–Trinajstić information content (AvgIpc) is 3.35. The minimum Gasteiger partial charge on any atom is -0.493 e. The fraction of sp³-hybridized carbons (Fsp3) is 0.158. The van der Waals surface area contributed by atoms with Crippen LogP contribution in [-0.2, 0) is 16.1 Å². The van der Waals surface area contributed by atoms with Gasteiger partial charge in [-0.3, -0.25) is 0 Å². The highest BCUT2D eigenvalue weighted by molar-refractivity contribution is 7.13. The number of oxazole rings is 1. The van der Waals surface area contributed by atoms with Gasteiger partial charge in [-0.2, -0.15) is 0 Å². The predicted molar refractivity (Wildman–Crippen MR) is 103 cm³/mol. The molecule has 0 spiro atoms. The molecule has 0 atom stereocenters. The summed E-state index contributed by atoms with van der Waals surface area (Å²) in [5.41, 5.74) is 1.21. The molecule has 27 heavy (non-hydrogen) atoms. The van der Waals surface area contributed by atoms with Gasteiger partial charge in [-0.25, -0.2) is 9.78 Å². The van der Waals surface area contributed by atoms with E-state index >= 15 is 0 Å². The van der Waals surface area contributed by atoms with Crippen molar-refractivity contribution in [1.82, 2.24) is 4.98 Å². The zero-order valence-corrected chi connectivity index (χ0v) is 16.2. The third-order valence-corrected chi connectivity index (χ3v) is 4.65. The third kappa shape index (κ3) is 4.69. The SMILES string of the molecule is COc1cc(/C=C/C(=O)OCc2coc(-c3cccs3)n2)cc(Cl)c1OC. The molecule has 140 valence electrons. The number of carbonyl (C=O) groups excluding carboxylic acids is 1. The van der Waals surface area contributed by atoms with Crippen LogP contribution in [-0.4, -0.2) is 25.2 Å². The second-order valence-electron chi connectivity index (χ2n) is 5.30. The molecule has 6 nitrogen and oxygen atoms in total. The molecular formula is C19H16ClNO5S. The van der Waals surface area contributed by atoms with E-state index in [9.17, 15) is 4.79 Å². The van der Waals surface area contributed by atoms with Crippen molar-refractivity contribution in [3.05, 3.63) is 58.3 Å². The van der Waals surface area contributed by atoms with Crippen molar-refractivity contribution < 1.29 is 23.4 Å². The van der Waals surface area contributed by atoms with Crippen LogP contribution in [0.5, 0.6) is 11.5 Å². The number of carbonyl (C=O) groups is 1. The number of benzene rings is 1. The molecule has 0 aliphatic heterocycles. The molecular weight excluding hydrogens is 390 g/mol. The minimum absolute atomic E-state index is 0.0186. The Morgan fingerprint density at radius 2 is 2.19 bits per heavy atom. The summed E-state index contributed by atoms with van der Waals surface area (Å²) in [6.07, 6.45) is 4.36. The van der Waals surface area contributed by atoms with E-state index in [-0.39, 0.29) is 6.61 Å². The summed E-state index contributed by atoms with van der Waals surface area (Å²) in [7, 11) is 3.02. The molecule has 0 amide bonds. The first-order valence-corrected chi connectivity index (χ1v) is 9.11. The van der Waals surface area contributed by atoms with E-state index in [0.717, 1.165) is 4.88 Å². The maximum atomic E-state index is 11.9. The number of methoxy groups -OCH3 is 2. The van der Waals surface area contributed by atoms with Crippen LogP contribution in [0, 0.1) is 0 Å². The lowest BCUT2D eigenvalue weighted by Gasteiger charge is -2.10. The van der Waals surface area contributed by atoms with Gasteiger partial charge in [0.2, 0.25) is 5.89 Å². The topological polar surface area (TPSA) is 70.8 Å². The Hall–Kier alpha value is -2.77. The van der Waals surface area contributed by atoms with E-state index in [2.05, 4.69) is 4.98 Å². The molecule has 3 aromatic rings. The Bertz CT molecular complexity index is 949. The van der Waals surface area contributed by atoms with Crippen LogP contribution in [0.2, 0.25) is 5.02 Å². The molecule has 2 aromatic heterocycles. The lowest BCUT2D eigenvalue weighted by molar-refractivity contribution is -0.139. The molecule has 0 N–H and O–H groups in total. The summed E-state index contributed by atoms with van der Waals surface area (Å²) in [5.74, 6) is 0.904. The summed E-state index contributed by atoms with van der Waals surface area (Å²) < 4.78 is 21.0. The first kappa shape index (κ1) is 19.0. The normalized spacial score (nSPS) is 10.9. The lowest BCUT2D eigenvalue weighted by Crippen LogP contribution is -2.01. The van der Waals surface area contributed by atoms with E-state index in [1.807, 2.05) is 17.5 Å². The summed E-state index contributed by atoms with van der Waals surface area (Å²) in [4.78, 5) is 17.1. The maximum absolute atomic E-state index is 11.9. The largest absolute Gasteiger partial charge is 0.493 e. The Morgan fingerprint density at radius 3 is 2.89 bits per heavy atom. The van der Waals surface area contributed by atoms with Gasteiger partial charge in [0.1, 0.15) is 18.6 Å². The lowest BCUT2D eigenvalue weighted by atomic mass is 10.2. The Balaban J connectivity index is 1.60. The number of nitrogens with zero attached hydrogens (tertiary/aromatic N) is 1. The number of halogens is 1. The van der Waals surface area contributed by atoms with E-state index < -0.39 is 5.97 Å². The molecule has 0 radical (unpaired) electrons. The molecule has 0 aliphatic carbocycles. The first-order valence-electron chi connectivity index (χ1n) is 7.85. The first-order chi connectivity index (χ1) is 13.1. The van der Waals surface area contributed by atoms with Crippen molar-refractivity contribution in [1.29, 1.82) is 0 Å². The molecule has 8 heteroatoms. The summed E-state index contributed by atoms with van der Waals surface area (Å²) in [6.45, 7) is 0.0186. The van der Waals surface area contributed by atoms with Crippen LogP contribution in [0.15, 0.2) is 46.4 Å². The highest BCUT2D eigenvalue weighted by Crippen LogP contribution is 2.36. The summed E-state index contributed by atoms with van der Waals surface area (Å²) in [5, 5.41) is 2.32. The van der Waals surface area contributed by atoms with Crippen LogP contribution in [0.3, 0.4) is 0 Å². The number of hydrogen-bond donors (Lipinski definition) is 0. The van der Waals surface area contributed by atoms with Crippen LogP contribution in [0.1, 0.15) is 11.3 Å². The van der Waals surface area contributed by atoms with Crippen molar-refractivity contribution in [3.8, 4) is 22.3 Å². The number of hydrogen-bond acceptors (Lipinski definition) is 7. The molecule has 1 aromatic carbocycles. The van der Waals surface area contributed by atoms with Crippen molar-refractivity contribution in [2.45, 2.75) is 6.61 Å². The molecule has 2 heterocycles. The molecule has 0 unspecified atom stereocenters. The van der Waals surface area contributed by atoms with Crippen molar-refractivity contribution >= 4 is 35.0 Å². The van der Waals surface area contributed by atoms with Crippen LogP contribution in [0.4, 0.5) is 0 Å². The second-order valence-corrected chi connectivity index (χ2v) is 6.66. The van der Waals surface area contributed by atoms with E-state index in [4.69, 9.17) is 30.2 Å². The third-order valence-electron chi connectivity index (χ3n) is 3.51. The summed E-state index contributed by atoms with van der Waals surface area (Å²) in [6, 6.07) is 7.19. The molecule has 0 saturated carbocycles. The van der Waals surface area contributed by atoms with Crippen molar-refractivity contribution in [3.63, 3.8) is 0 Å². The van der Waals surface area contributed by atoms with E-state index in [0.29, 0.717) is 33.7 Å². The minimum atomic E-state index is -0.512. The predicted octanol–water partition coefficient (Wildman–Crippen LogP) is 4.83. The van der Waals surface area contributed by atoms with Gasteiger partial charge in [-0.15, -0.1) is 11.3 Å². The average molecular weight is 406 g/mol. The van der Waals surface area contributed by atoms with Crippen LogP contribution in [0.25, 0.3) is 16.8 Å². The quantitative estimate of drug-likeness (QED) is 0.414. The highest BCUT2D eigenvalue weighted by atomic mass is 35.5. The smallest absolute Gasteiger partial charge is 0.331 e. The maximum Gasteiger partial charge on any atom is 0.331 e. The Morgan fingerprint density at radius 1 is 1.33 bits per heavy atom. The van der Waals surface area contributed by atoms with Gasteiger partial charge >= 0.3 is 5.97 Å². The van der Waals surface area contributed by atoms with Gasteiger partial charge in [-0.05, 0) is 35.2 Å². The standard InChI is InChI=1S/C19H16ClNO5S/c1-23-15-9-12(8-14(20)18(15)24-2)5-6-17(22)25-10-13-11-26-19(21-13)16-4-3-7-27-16/h3-9,11H,10H2,1-2H3/b6-5+. The second kappa shape index (κ2) is 8.75.